The summed E-state index contributed by atoms with van der Waals surface area (Å²) < 4.78 is 0. The predicted molar refractivity (Wildman–Crippen MR) is 33.2 cm³/mol. The zero-order valence-corrected chi connectivity index (χ0v) is 5.31. The number of aliphatic imine (C=N–C) groups is 1. The summed E-state index contributed by atoms with van der Waals surface area (Å²) in [7, 11) is 0. The van der Waals surface area contributed by atoms with Crippen molar-refractivity contribution < 1.29 is 19.8 Å². The number of carbonyl (C=O) groups is 2. The van der Waals surface area contributed by atoms with Gasteiger partial charge in [0, 0.05) is 0 Å². The van der Waals surface area contributed by atoms with E-state index in [-0.39, 0.29) is 0 Å². The van der Waals surface area contributed by atoms with E-state index in [1.54, 1.807) is 0 Å². The maximum absolute atomic E-state index is 10.0. The molecule has 0 saturated heterocycles. The first-order valence-corrected chi connectivity index (χ1v) is 2.53. The highest BCUT2D eigenvalue weighted by Gasteiger charge is 2.06. The summed E-state index contributed by atoms with van der Waals surface area (Å²) in [6, 6.07) is -0.990. The largest absolute Gasteiger partial charge is 0.480 e. The molecule has 56 valence electrons. The van der Waals surface area contributed by atoms with Gasteiger partial charge in [-0.25, -0.2) is 9.59 Å². The van der Waals surface area contributed by atoms with E-state index >= 15 is 0 Å². The van der Waals surface area contributed by atoms with Crippen LogP contribution in [0.1, 0.15) is 6.92 Å². The molecule has 0 radical (unpaired) electrons. The first kappa shape index (κ1) is 8.61. The summed E-state index contributed by atoms with van der Waals surface area (Å²) in [5.74, 6) is -2.38. The van der Waals surface area contributed by atoms with E-state index in [0.717, 1.165) is 0 Å². The van der Waals surface area contributed by atoms with Gasteiger partial charge in [0.15, 0.2) is 0 Å². The van der Waals surface area contributed by atoms with Gasteiger partial charge in [0.05, 0.1) is 0 Å². The van der Waals surface area contributed by atoms with Crippen molar-refractivity contribution in [1.82, 2.24) is 0 Å². The lowest BCUT2D eigenvalue weighted by Gasteiger charge is -1.94. The fourth-order valence-corrected chi connectivity index (χ4v) is 0.239. The Morgan fingerprint density at radius 2 is 2.00 bits per heavy atom. The second-order valence-electron chi connectivity index (χ2n) is 1.63. The average Bonchev–Trinajstić information content (AvgIpc) is 1.82. The van der Waals surface area contributed by atoms with Gasteiger partial charge in [0.2, 0.25) is 0 Å². The van der Waals surface area contributed by atoms with Crippen molar-refractivity contribution in [3.05, 3.63) is 0 Å². The standard InChI is InChI=1S/C5H7NO4/c1-3(5(9)10)6-2-4(7)8/h2-3H,1H3,(H,7,8)(H,9,10). The molecule has 1 unspecified atom stereocenters. The van der Waals surface area contributed by atoms with Crippen LogP contribution in [0.4, 0.5) is 0 Å². The second-order valence-corrected chi connectivity index (χ2v) is 1.63. The first-order chi connectivity index (χ1) is 4.54. The highest BCUT2D eigenvalue weighted by atomic mass is 16.4. The molecule has 0 aliphatic carbocycles. The lowest BCUT2D eigenvalue weighted by atomic mass is 10.4. The second kappa shape index (κ2) is 3.60. The van der Waals surface area contributed by atoms with Crippen LogP contribution in [0.25, 0.3) is 0 Å². The van der Waals surface area contributed by atoms with Crippen LogP contribution in [0.2, 0.25) is 0 Å². The number of hydrogen-bond acceptors (Lipinski definition) is 3. The summed E-state index contributed by atoms with van der Waals surface area (Å²) in [6.45, 7) is 1.29. The lowest BCUT2D eigenvalue weighted by molar-refractivity contribution is -0.137. The molecule has 0 spiro atoms. The van der Waals surface area contributed by atoms with E-state index in [2.05, 4.69) is 4.99 Å². The fourth-order valence-electron chi connectivity index (χ4n) is 0.239. The van der Waals surface area contributed by atoms with Crippen LogP contribution in [-0.4, -0.2) is 34.4 Å². The van der Waals surface area contributed by atoms with Gasteiger partial charge >= 0.3 is 11.9 Å². The Morgan fingerprint density at radius 1 is 1.50 bits per heavy atom. The lowest BCUT2D eigenvalue weighted by Crippen LogP contribution is -2.14. The Labute approximate surface area is 57.0 Å². The van der Waals surface area contributed by atoms with Crippen molar-refractivity contribution in [2.45, 2.75) is 13.0 Å². The smallest absolute Gasteiger partial charge is 0.346 e. The zero-order chi connectivity index (χ0) is 8.15. The van der Waals surface area contributed by atoms with Crippen LogP contribution in [0.5, 0.6) is 0 Å². The predicted octanol–water partition coefficient (Wildman–Crippen LogP) is -0.385. The molecule has 0 fully saturated rings. The maximum atomic E-state index is 10.0. The third kappa shape index (κ3) is 3.59. The van der Waals surface area contributed by atoms with Gasteiger partial charge in [-0.3, -0.25) is 4.99 Å². The van der Waals surface area contributed by atoms with Crippen LogP contribution >= 0.6 is 0 Å². The topological polar surface area (TPSA) is 87.0 Å². The molecule has 0 heterocycles. The van der Waals surface area contributed by atoms with Gasteiger partial charge in [-0.15, -0.1) is 0 Å². The minimum Gasteiger partial charge on any atom is -0.480 e. The van der Waals surface area contributed by atoms with Crippen LogP contribution in [-0.2, 0) is 9.59 Å². The van der Waals surface area contributed by atoms with Gasteiger partial charge in [-0.05, 0) is 6.92 Å². The maximum Gasteiger partial charge on any atom is 0.346 e. The van der Waals surface area contributed by atoms with Gasteiger partial charge in [0.1, 0.15) is 12.3 Å². The van der Waals surface area contributed by atoms with Crippen molar-refractivity contribution >= 4 is 18.2 Å². The molecule has 0 aliphatic rings. The van der Waals surface area contributed by atoms with Crippen LogP contribution < -0.4 is 0 Å². The molecule has 5 heteroatoms. The van der Waals surface area contributed by atoms with Crippen molar-refractivity contribution in [2.24, 2.45) is 4.99 Å². The highest BCUT2D eigenvalue weighted by Crippen LogP contribution is 1.85. The van der Waals surface area contributed by atoms with Crippen molar-refractivity contribution in [3.63, 3.8) is 0 Å². The Bertz CT molecular complexity index is 174. The molecule has 0 amide bonds. The van der Waals surface area contributed by atoms with Crippen molar-refractivity contribution in [1.29, 1.82) is 0 Å². The van der Waals surface area contributed by atoms with Crippen LogP contribution in [0, 0.1) is 0 Å². The van der Waals surface area contributed by atoms with Crippen molar-refractivity contribution in [3.8, 4) is 0 Å². The molecule has 0 aromatic carbocycles. The molecule has 0 aliphatic heterocycles. The molecule has 10 heavy (non-hydrogen) atoms. The highest BCUT2D eigenvalue weighted by molar-refractivity contribution is 6.22. The minimum absolute atomic E-state index is 0.568. The number of rotatable bonds is 3. The minimum atomic E-state index is -1.24. The van der Waals surface area contributed by atoms with Gasteiger partial charge < -0.3 is 10.2 Å². The zero-order valence-electron chi connectivity index (χ0n) is 5.31. The summed E-state index contributed by atoms with van der Waals surface area (Å²) in [5.41, 5.74) is 0. The number of hydrogen-bond donors (Lipinski definition) is 2. The third-order valence-electron chi connectivity index (χ3n) is 0.766. The molecular formula is C5H7NO4. The fraction of sp³-hybridized carbons (Fsp3) is 0.400. The van der Waals surface area contributed by atoms with Gasteiger partial charge in [-0.2, -0.15) is 0 Å². The number of nitrogens with zero attached hydrogens (tertiary/aromatic N) is 1. The van der Waals surface area contributed by atoms with E-state index in [1.165, 1.54) is 6.92 Å². The summed E-state index contributed by atoms with van der Waals surface area (Å²) in [6.07, 6.45) is 0.568. The summed E-state index contributed by atoms with van der Waals surface area (Å²) in [5, 5.41) is 16.2. The molecular weight excluding hydrogens is 138 g/mol. The molecule has 2 N–H and O–H groups in total. The molecule has 0 bridgehead atoms. The first-order valence-electron chi connectivity index (χ1n) is 2.53. The van der Waals surface area contributed by atoms with E-state index < -0.39 is 18.0 Å². The molecule has 0 aromatic heterocycles. The molecule has 5 nitrogen and oxygen atoms in total. The molecule has 0 rings (SSSR count). The van der Waals surface area contributed by atoms with Gasteiger partial charge in [-0.1, -0.05) is 0 Å². The Hall–Kier alpha value is -1.39. The van der Waals surface area contributed by atoms with E-state index in [0.29, 0.717) is 6.21 Å². The summed E-state index contributed by atoms with van der Waals surface area (Å²) in [4.78, 5) is 23.0. The number of aliphatic carboxylic acids is 2. The summed E-state index contributed by atoms with van der Waals surface area (Å²) >= 11 is 0. The van der Waals surface area contributed by atoms with E-state index in [4.69, 9.17) is 10.2 Å². The molecule has 1 atom stereocenters. The Kier molecular flexibility index (Phi) is 3.10. The third-order valence-corrected chi connectivity index (χ3v) is 0.766. The SMILES string of the molecule is CC(N=CC(=O)O)C(=O)O. The van der Waals surface area contributed by atoms with Gasteiger partial charge in [0.25, 0.3) is 0 Å². The Balaban J connectivity index is 3.89. The van der Waals surface area contributed by atoms with Crippen molar-refractivity contribution in [2.75, 3.05) is 0 Å². The van der Waals surface area contributed by atoms with E-state index in [9.17, 15) is 9.59 Å². The Morgan fingerprint density at radius 3 is 2.30 bits per heavy atom. The normalized spacial score (nSPS) is 13.3. The average molecular weight is 145 g/mol. The van der Waals surface area contributed by atoms with Crippen LogP contribution in [0.3, 0.4) is 0 Å². The van der Waals surface area contributed by atoms with E-state index in [1.807, 2.05) is 0 Å². The van der Waals surface area contributed by atoms with Crippen LogP contribution in [0.15, 0.2) is 4.99 Å². The monoisotopic (exact) mass is 145 g/mol. The molecule has 0 aromatic rings. The number of carboxylic acids is 2. The number of carboxylic acid groups (broad SMARTS) is 2. The quantitative estimate of drug-likeness (QED) is 0.529. The molecule has 0 saturated carbocycles.